The normalized spacial score (nSPS) is 26.8. The highest BCUT2D eigenvalue weighted by Crippen LogP contribution is 2.39. The average Bonchev–Trinajstić information content (AvgIpc) is 4.14. The summed E-state index contributed by atoms with van der Waals surface area (Å²) >= 11 is 0. The number of imidazole rings is 2. The van der Waals surface area contributed by atoms with Crippen LogP contribution in [-0.4, -0.2) is 117 Å². The number of benzene rings is 2. The molecule has 0 bridgehead atoms. The van der Waals surface area contributed by atoms with Crippen LogP contribution in [0.25, 0.3) is 33.6 Å². The Morgan fingerprint density at radius 3 is 1.36 bits per heavy atom. The van der Waals surface area contributed by atoms with Crippen molar-refractivity contribution in [2.45, 2.75) is 139 Å². The summed E-state index contributed by atoms with van der Waals surface area (Å²) in [6.45, 7) is 8.90. The van der Waals surface area contributed by atoms with Gasteiger partial charge >= 0.3 is 12.2 Å². The number of likely N-dealkylation sites (tertiary alicyclic amines) is 2. The van der Waals surface area contributed by atoms with Crippen molar-refractivity contribution in [3.8, 4) is 33.6 Å². The standard InChI is InChI=1S/C48H62N8O8/c1-29-11-7-23-47(3,63-29)39(53-45(59)61-5)43(57)55-25-9-13-37(55)41-49-27-35(51-41)33-19-15-31(16-20-33)32-17-21-34(22-18-32)36-28-50-42(52-36)38-14-10-26-56(38)44(58)40(54-46(60)62-6)48(4)24-8-12-30(2)64-48/h15-22,27-30,37-40H,7-14,23-26H2,1-6H3,(H,49,51)(H,50,52)(H,53,59)(H,54,60)/t29-,30-,37+,38+,39-,40-,47-,48-/m1/s1. The van der Waals surface area contributed by atoms with E-state index in [0.717, 1.165) is 85.0 Å². The molecule has 8 rings (SSSR count). The van der Waals surface area contributed by atoms with Crippen LogP contribution in [0, 0.1) is 0 Å². The first-order valence-corrected chi connectivity index (χ1v) is 22.8. The van der Waals surface area contributed by atoms with E-state index >= 15 is 0 Å². The molecule has 4 aliphatic heterocycles. The zero-order chi connectivity index (χ0) is 45.2. The van der Waals surface area contributed by atoms with Gasteiger partial charge in [-0.05, 0) is 114 Å². The molecule has 6 heterocycles. The molecule has 0 spiro atoms. The summed E-state index contributed by atoms with van der Waals surface area (Å²) in [5.41, 5.74) is 3.97. The number of nitrogens with one attached hydrogen (secondary N) is 4. The molecule has 4 amide bonds. The lowest BCUT2D eigenvalue weighted by atomic mass is 9.85. The minimum absolute atomic E-state index is 0.0262. The maximum atomic E-state index is 14.2. The van der Waals surface area contributed by atoms with Gasteiger partial charge < -0.3 is 49.3 Å². The van der Waals surface area contributed by atoms with E-state index in [9.17, 15) is 19.2 Å². The summed E-state index contributed by atoms with van der Waals surface area (Å²) in [7, 11) is 2.59. The fourth-order valence-electron chi connectivity index (χ4n) is 10.3. The highest BCUT2D eigenvalue weighted by molar-refractivity contribution is 5.88. The number of nitrogens with zero attached hydrogens (tertiary/aromatic N) is 4. The molecule has 4 fully saturated rings. The third-order valence-corrected chi connectivity index (χ3v) is 13.7. The average molecular weight is 879 g/mol. The van der Waals surface area contributed by atoms with Crippen LogP contribution >= 0.6 is 0 Å². The molecule has 0 radical (unpaired) electrons. The van der Waals surface area contributed by atoms with Gasteiger partial charge in [-0.15, -0.1) is 0 Å². The highest BCUT2D eigenvalue weighted by atomic mass is 16.5. The van der Waals surface area contributed by atoms with Crippen molar-refractivity contribution >= 4 is 24.0 Å². The molecular weight excluding hydrogens is 817 g/mol. The maximum Gasteiger partial charge on any atom is 0.407 e. The second kappa shape index (κ2) is 18.8. The molecule has 16 heteroatoms. The molecule has 4 N–H and O–H groups in total. The van der Waals surface area contributed by atoms with Gasteiger partial charge in [-0.25, -0.2) is 19.6 Å². The minimum atomic E-state index is -0.899. The largest absolute Gasteiger partial charge is 0.453 e. The van der Waals surface area contributed by atoms with E-state index in [2.05, 4.69) is 69.1 Å². The van der Waals surface area contributed by atoms with Gasteiger partial charge in [0.1, 0.15) is 23.7 Å². The van der Waals surface area contributed by atoms with Gasteiger partial charge in [0.2, 0.25) is 11.8 Å². The van der Waals surface area contributed by atoms with Crippen molar-refractivity contribution in [1.29, 1.82) is 0 Å². The Bertz CT molecular complexity index is 2140. The van der Waals surface area contributed by atoms with Crippen LogP contribution in [0.5, 0.6) is 0 Å². The topological polar surface area (TPSA) is 193 Å². The predicted octanol–water partition coefficient (Wildman–Crippen LogP) is 7.61. The number of amides is 4. The zero-order valence-corrected chi connectivity index (χ0v) is 37.8. The van der Waals surface area contributed by atoms with E-state index in [-0.39, 0.29) is 36.1 Å². The summed E-state index contributed by atoms with van der Waals surface area (Å²) in [6, 6.07) is 14.2. The number of H-pyrrole nitrogens is 2. The first-order valence-electron chi connectivity index (χ1n) is 22.8. The van der Waals surface area contributed by atoms with Crippen LogP contribution < -0.4 is 10.6 Å². The van der Waals surface area contributed by atoms with E-state index in [0.29, 0.717) is 37.6 Å². The van der Waals surface area contributed by atoms with E-state index in [1.165, 1.54) is 14.2 Å². The molecule has 16 nitrogen and oxygen atoms in total. The molecule has 2 aromatic heterocycles. The van der Waals surface area contributed by atoms with E-state index in [1.54, 1.807) is 12.4 Å². The number of hydrogen-bond donors (Lipinski definition) is 4. The smallest absolute Gasteiger partial charge is 0.407 e. The molecule has 342 valence electrons. The molecule has 0 aliphatic carbocycles. The van der Waals surface area contributed by atoms with Gasteiger partial charge in [0.05, 0.1) is 73.5 Å². The van der Waals surface area contributed by atoms with E-state index in [4.69, 9.17) is 28.9 Å². The lowest BCUT2D eigenvalue weighted by molar-refractivity contribution is -0.159. The second-order valence-corrected chi connectivity index (χ2v) is 18.3. The zero-order valence-electron chi connectivity index (χ0n) is 37.8. The number of ether oxygens (including phenoxy) is 4. The number of alkyl carbamates (subject to hydrolysis) is 2. The van der Waals surface area contributed by atoms with Crippen LogP contribution in [-0.2, 0) is 28.5 Å². The third kappa shape index (κ3) is 9.25. The highest BCUT2D eigenvalue weighted by Gasteiger charge is 2.49. The number of aromatic nitrogens is 4. The number of hydrogen-bond acceptors (Lipinski definition) is 10. The summed E-state index contributed by atoms with van der Waals surface area (Å²) in [4.78, 5) is 73.5. The first kappa shape index (κ1) is 44.9. The SMILES string of the molecule is COC(=O)N[C@H](C(=O)N1CCC[C@H]1c1ncc(-c2ccc(-c3ccc(-c4cnc([C@@H]5CCCN5C(=O)[C@@H](NC(=O)OC)[C@@]5(C)CCC[C@@H](C)O5)[nH]4)cc3)cc2)[nH]1)[C@@]1(C)CCC[C@@H](C)O1. The monoisotopic (exact) mass is 878 g/mol. The molecule has 8 atom stereocenters. The van der Waals surface area contributed by atoms with Crippen LogP contribution in [0.4, 0.5) is 9.59 Å². The number of methoxy groups -OCH3 is 2. The first-order chi connectivity index (χ1) is 30.8. The number of aromatic amines is 2. The Kier molecular flexibility index (Phi) is 13.2. The quantitative estimate of drug-likeness (QED) is 0.117. The van der Waals surface area contributed by atoms with Crippen LogP contribution in [0.1, 0.15) is 116 Å². The molecule has 0 unspecified atom stereocenters. The van der Waals surface area contributed by atoms with Crippen molar-refractivity contribution in [2.75, 3.05) is 27.3 Å². The Morgan fingerprint density at radius 1 is 0.625 bits per heavy atom. The maximum absolute atomic E-state index is 14.2. The molecular formula is C48H62N8O8. The van der Waals surface area contributed by atoms with Gasteiger partial charge in [-0.3, -0.25) is 9.59 Å². The van der Waals surface area contributed by atoms with Gasteiger partial charge in [0.15, 0.2) is 0 Å². The Labute approximate surface area is 374 Å². The third-order valence-electron chi connectivity index (χ3n) is 13.7. The van der Waals surface area contributed by atoms with Gasteiger partial charge in [0.25, 0.3) is 0 Å². The van der Waals surface area contributed by atoms with Crippen molar-refractivity contribution < 1.29 is 38.1 Å². The van der Waals surface area contributed by atoms with Crippen molar-refractivity contribution in [3.63, 3.8) is 0 Å². The fourth-order valence-corrected chi connectivity index (χ4v) is 10.3. The Hall–Kier alpha value is -5.74. The summed E-state index contributed by atoms with van der Waals surface area (Å²) in [5.74, 6) is 1.000. The summed E-state index contributed by atoms with van der Waals surface area (Å²) < 4.78 is 22.5. The fraction of sp³-hybridized carbons (Fsp3) is 0.542. The number of carbonyl (C=O) groups is 4. The lowest BCUT2D eigenvalue weighted by Gasteiger charge is -2.43. The molecule has 64 heavy (non-hydrogen) atoms. The van der Waals surface area contributed by atoms with Gasteiger partial charge in [0, 0.05) is 13.1 Å². The van der Waals surface area contributed by atoms with Gasteiger partial charge in [-0.1, -0.05) is 48.5 Å². The van der Waals surface area contributed by atoms with E-state index in [1.807, 2.05) is 37.5 Å². The van der Waals surface area contributed by atoms with Crippen molar-refractivity contribution in [2.24, 2.45) is 0 Å². The molecule has 0 saturated carbocycles. The molecule has 2 aromatic carbocycles. The Morgan fingerprint density at radius 2 is 1.00 bits per heavy atom. The van der Waals surface area contributed by atoms with Gasteiger partial charge in [-0.2, -0.15) is 0 Å². The Balaban J connectivity index is 0.926. The van der Waals surface area contributed by atoms with Crippen LogP contribution in [0.15, 0.2) is 60.9 Å². The second-order valence-electron chi connectivity index (χ2n) is 18.3. The predicted molar refractivity (Wildman–Crippen MR) is 239 cm³/mol. The summed E-state index contributed by atoms with van der Waals surface area (Å²) in [6.07, 6.45) is 10.2. The van der Waals surface area contributed by atoms with Crippen molar-refractivity contribution in [3.05, 3.63) is 72.6 Å². The number of carbonyl (C=O) groups excluding carboxylic acids is 4. The van der Waals surface area contributed by atoms with Crippen molar-refractivity contribution in [1.82, 2.24) is 40.4 Å². The molecule has 4 aliphatic rings. The molecule has 4 aromatic rings. The number of rotatable bonds is 11. The van der Waals surface area contributed by atoms with Crippen LogP contribution in [0.3, 0.4) is 0 Å². The molecule has 4 saturated heterocycles. The van der Waals surface area contributed by atoms with Crippen LogP contribution in [0.2, 0.25) is 0 Å². The summed E-state index contributed by atoms with van der Waals surface area (Å²) in [5, 5.41) is 5.61. The van der Waals surface area contributed by atoms with E-state index < -0.39 is 35.5 Å². The lowest BCUT2D eigenvalue weighted by Crippen LogP contribution is -2.62. The minimum Gasteiger partial charge on any atom is -0.453 e.